The Labute approximate surface area is 120 Å². The number of halogens is 3. The van der Waals surface area contributed by atoms with E-state index in [-0.39, 0.29) is 5.75 Å². The maximum absolute atomic E-state index is 14.0. The molecule has 0 spiro atoms. The molecule has 0 aliphatic rings. The second-order valence-corrected chi connectivity index (χ2v) is 4.58. The Morgan fingerprint density at radius 3 is 2.30 bits per heavy atom. The summed E-state index contributed by atoms with van der Waals surface area (Å²) >= 11 is 6.25. The largest absolute Gasteiger partial charge is 0.497 e. The van der Waals surface area contributed by atoms with Crippen molar-refractivity contribution in [3.8, 4) is 11.5 Å². The van der Waals surface area contributed by atoms with Crippen LogP contribution in [0.4, 0.5) is 8.78 Å². The summed E-state index contributed by atoms with van der Waals surface area (Å²) in [4.78, 5) is 0. The highest BCUT2D eigenvalue weighted by molar-refractivity contribution is 6.22. The molecule has 20 heavy (non-hydrogen) atoms. The van der Waals surface area contributed by atoms with Crippen molar-refractivity contribution in [2.45, 2.75) is 5.38 Å². The highest BCUT2D eigenvalue weighted by atomic mass is 35.5. The van der Waals surface area contributed by atoms with E-state index < -0.39 is 17.0 Å². The van der Waals surface area contributed by atoms with Gasteiger partial charge in [0.2, 0.25) is 0 Å². The zero-order valence-electron chi connectivity index (χ0n) is 11.0. The van der Waals surface area contributed by atoms with Gasteiger partial charge in [-0.2, -0.15) is 0 Å². The molecule has 2 rings (SSSR count). The summed E-state index contributed by atoms with van der Waals surface area (Å²) in [5, 5.41) is -0.740. The SMILES string of the molecule is COc1ccc(C(Cl)c2ccc(F)c(OC)c2)c(F)c1. The van der Waals surface area contributed by atoms with Crippen molar-refractivity contribution in [2.24, 2.45) is 0 Å². The lowest BCUT2D eigenvalue weighted by atomic mass is 10.0. The van der Waals surface area contributed by atoms with Crippen LogP contribution in [-0.2, 0) is 0 Å². The Morgan fingerprint density at radius 1 is 0.950 bits per heavy atom. The van der Waals surface area contributed by atoms with Crippen LogP contribution in [0.25, 0.3) is 0 Å². The lowest BCUT2D eigenvalue weighted by Crippen LogP contribution is -1.99. The van der Waals surface area contributed by atoms with Gasteiger partial charge in [-0.1, -0.05) is 12.1 Å². The van der Waals surface area contributed by atoms with Gasteiger partial charge in [-0.15, -0.1) is 11.6 Å². The van der Waals surface area contributed by atoms with E-state index in [4.69, 9.17) is 21.1 Å². The molecule has 0 radical (unpaired) electrons. The summed E-state index contributed by atoms with van der Waals surface area (Å²) in [5.74, 6) is -0.489. The Morgan fingerprint density at radius 2 is 1.70 bits per heavy atom. The predicted octanol–water partition coefficient (Wildman–Crippen LogP) is 4.31. The maximum atomic E-state index is 14.0. The number of rotatable bonds is 4. The maximum Gasteiger partial charge on any atom is 0.165 e. The van der Waals surface area contributed by atoms with Crippen molar-refractivity contribution in [3.63, 3.8) is 0 Å². The Bertz CT molecular complexity index is 617. The molecule has 0 heterocycles. The number of benzene rings is 2. The van der Waals surface area contributed by atoms with Gasteiger partial charge in [0.25, 0.3) is 0 Å². The molecule has 0 fully saturated rings. The molecular formula is C15H13ClF2O2. The van der Waals surface area contributed by atoms with E-state index in [1.807, 2.05) is 0 Å². The van der Waals surface area contributed by atoms with Gasteiger partial charge < -0.3 is 9.47 Å². The van der Waals surface area contributed by atoms with Crippen molar-refractivity contribution in [2.75, 3.05) is 14.2 Å². The van der Waals surface area contributed by atoms with E-state index in [1.54, 1.807) is 12.1 Å². The van der Waals surface area contributed by atoms with Crippen molar-refractivity contribution < 1.29 is 18.3 Å². The van der Waals surface area contributed by atoms with Crippen molar-refractivity contribution in [1.82, 2.24) is 0 Å². The highest BCUT2D eigenvalue weighted by Crippen LogP contribution is 2.34. The van der Waals surface area contributed by atoms with Crippen LogP contribution >= 0.6 is 11.6 Å². The quantitative estimate of drug-likeness (QED) is 0.783. The molecule has 2 aromatic carbocycles. The van der Waals surface area contributed by atoms with Crippen molar-refractivity contribution in [1.29, 1.82) is 0 Å². The molecule has 0 saturated carbocycles. The lowest BCUT2D eigenvalue weighted by Gasteiger charge is -2.13. The van der Waals surface area contributed by atoms with Gasteiger partial charge in [0.05, 0.1) is 19.6 Å². The third kappa shape index (κ3) is 2.85. The minimum absolute atomic E-state index is 0.0714. The van der Waals surface area contributed by atoms with Crippen molar-refractivity contribution in [3.05, 3.63) is 59.2 Å². The Hall–Kier alpha value is -1.81. The molecule has 0 bridgehead atoms. The Kier molecular flexibility index (Phi) is 4.45. The summed E-state index contributed by atoms with van der Waals surface area (Å²) in [5.41, 5.74) is 0.843. The summed E-state index contributed by atoms with van der Waals surface area (Å²) in [6.07, 6.45) is 0. The van der Waals surface area contributed by atoms with E-state index in [0.29, 0.717) is 16.9 Å². The minimum atomic E-state index is -0.740. The van der Waals surface area contributed by atoms with Crippen LogP contribution < -0.4 is 9.47 Å². The number of ether oxygens (including phenoxy) is 2. The standard InChI is InChI=1S/C15H13ClF2O2/c1-19-10-4-5-11(13(18)8-10)15(16)9-3-6-12(17)14(7-9)20-2/h3-8,15H,1-2H3. The van der Waals surface area contributed by atoms with Crippen LogP contribution in [0.3, 0.4) is 0 Å². The molecule has 2 aromatic rings. The lowest BCUT2D eigenvalue weighted by molar-refractivity contribution is 0.386. The number of alkyl halides is 1. The number of hydrogen-bond donors (Lipinski definition) is 0. The molecule has 0 N–H and O–H groups in total. The van der Waals surface area contributed by atoms with E-state index >= 15 is 0 Å². The van der Waals surface area contributed by atoms with E-state index in [9.17, 15) is 8.78 Å². The number of methoxy groups -OCH3 is 2. The van der Waals surface area contributed by atoms with E-state index in [2.05, 4.69) is 0 Å². The van der Waals surface area contributed by atoms with Crippen molar-refractivity contribution >= 4 is 11.6 Å². The van der Waals surface area contributed by atoms with Gasteiger partial charge in [-0.05, 0) is 23.8 Å². The first-order valence-corrected chi connectivity index (χ1v) is 6.31. The predicted molar refractivity (Wildman–Crippen MR) is 73.6 cm³/mol. The summed E-state index contributed by atoms with van der Waals surface area (Å²) in [6.45, 7) is 0. The van der Waals surface area contributed by atoms with Crippen LogP contribution in [0.5, 0.6) is 11.5 Å². The first kappa shape index (κ1) is 14.6. The van der Waals surface area contributed by atoms with Gasteiger partial charge in [0, 0.05) is 11.6 Å². The molecule has 0 aromatic heterocycles. The molecule has 0 saturated heterocycles. The number of hydrogen-bond acceptors (Lipinski definition) is 2. The minimum Gasteiger partial charge on any atom is -0.497 e. The monoisotopic (exact) mass is 298 g/mol. The van der Waals surface area contributed by atoms with E-state index in [1.165, 1.54) is 38.5 Å². The average Bonchev–Trinajstić information content (AvgIpc) is 2.47. The third-order valence-corrected chi connectivity index (χ3v) is 3.44. The van der Waals surface area contributed by atoms with Gasteiger partial charge in [0.15, 0.2) is 11.6 Å². The van der Waals surface area contributed by atoms with Gasteiger partial charge >= 0.3 is 0 Å². The zero-order valence-corrected chi connectivity index (χ0v) is 11.7. The fourth-order valence-corrected chi connectivity index (χ4v) is 2.17. The normalized spacial score (nSPS) is 12.1. The first-order valence-electron chi connectivity index (χ1n) is 5.87. The first-order chi connectivity index (χ1) is 9.56. The average molecular weight is 299 g/mol. The third-order valence-electron chi connectivity index (χ3n) is 2.95. The van der Waals surface area contributed by atoms with Gasteiger partial charge in [-0.25, -0.2) is 8.78 Å². The summed E-state index contributed by atoms with van der Waals surface area (Å²) < 4.78 is 37.1. The topological polar surface area (TPSA) is 18.5 Å². The highest BCUT2D eigenvalue weighted by Gasteiger charge is 2.17. The fraction of sp³-hybridized carbons (Fsp3) is 0.200. The molecule has 1 atom stereocenters. The van der Waals surface area contributed by atoms with Gasteiger partial charge in [-0.3, -0.25) is 0 Å². The van der Waals surface area contributed by atoms with Crippen LogP contribution in [0, 0.1) is 11.6 Å². The summed E-state index contributed by atoms with van der Waals surface area (Å²) in [7, 11) is 2.82. The molecule has 5 heteroatoms. The smallest absolute Gasteiger partial charge is 0.165 e. The molecule has 2 nitrogen and oxygen atoms in total. The molecule has 0 aliphatic carbocycles. The van der Waals surface area contributed by atoms with Crippen LogP contribution in [0.2, 0.25) is 0 Å². The fourth-order valence-electron chi connectivity index (χ4n) is 1.85. The Balaban J connectivity index is 2.38. The molecule has 0 amide bonds. The van der Waals surface area contributed by atoms with Crippen LogP contribution in [-0.4, -0.2) is 14.2 Å². The van der Waals surface area contributed by atoms with Crippen LogP contribution in [0.1, 0.15) is 16.5 Å². The van der Waals surface area contributed by atoms with E-state index in [0.717, 1.165) is 0 Å². The second-order valence-electron chi connectivity index (χ2n) is 4.14. The molecule has 106 valence electrons. The molecule has 0 aliphatic heterocycles. The molecular weight excluding hydrogens is 286 g/mol. The zero-order chi connectivity index (χ0) is 14.7. The molecule has 1 unspecified atom stereocenters. The van der Waals surface area contributed by atoms with Crippen LogP contribution in [0.15, 0.2) is 36.4 Å². The summed E-state index contributed by atoms with van der Waals surface area (Å²) in [6, 6.07) is 8.61. The second kappa shape index (κ2) is 6.09. The van der Waals surface area contributed by atoms with Gasteiger partial charge in [0.1, 0.15) is 11.6 Å².